The summed E-state index contributed by atoms with van der Waals surface area (Å²) in [6.45, 7) is 0.680. The van der Waals surface area contributed by atoms with Crippen molar-refractivity contribution in [1.82, 2.24) is 14.9 Å². The Morgan fingerprint density at radius 2 is 2.08 bits per heavy atom. The third kappa shape index (κ3) is 3.11. The number of aromatic nitrogens is 2. The van der Waals surface area contributed by atoms with E-state index in [1.165, 1.54) is 0 Å². The second kappa shape index (κ2) is 6.89. The van der Waals surface area contributed by atoms with Crippen molar-refractivity contribution in [2.24, 2.45) is 0 Å². The van der Waals surface area contributed by atoms with Crippen molar-refractivity contribution in [2.75, 3.05) is 13.2 Å². The van der Waals surface area contributed by atoms with Crippen LogP contribution in [0.15, 0.2) is 48.5 Å². The molecule has 0 unspecified atom stereocenters. The van der Waals surface area contributed by atoms with Crippen LogP contribution in [0.4, 0.5) is 0 Å². The molecule has 130 valence electrons. The number of fused-ring (bicyclic) bond motifs is 1. The SMILES string of the molecule is N#Cc1ccc(OCC(=O)N2CCC[C@H]2c2nc3ccccc3[nH]2)cc1. The molecular weight excluding hydrogens is 328 g/mol. The highest BCUT2D eigenvalue weighted by molar-refractivity contribution is 5.79. The van der Waals surface area contributed by atoms with Crippen molar-refractivity contribution >= 4 is 16.9 Å². The quantitative estimate of drug-likeness (QED) is 0.786. The predicted octanol–water partition coefficient (Wildman–Crippen LogP) is 3.18. The summed E-state index contributed by atoms with van der Waals surface area (Å²) in [6.07, 6.45) is 1.84. The zero-order valence-corrected chi connectivity index (χ0v) is 14.2. The number of imidazole rings is 1. The van der Waals surface area contributed by atoms with Gasteiger partial charge in [-0.1, -0.05) is 12.1 Å². The summed E-state index contributed by atoms with van der Waals surface area (Å²) >= 11 is 0. The number of para-hydroxylation sites is 2. The molecule has 6 nitrogen and oxygen atoms in total. The molecule has 26 heavy (non-hydrogen) atoms. The molecule has 0 spiro atoms. The fraction of sp³-hybridized carbons (Fsp3) is 0.250. The number of nitriles is 1. The Bertz CT molecular complexity index is 938. The first kappa shape index (κ1) is 16.2. The molecule has 0 radical (unpaired) electrons. The maximum Gasteiger partial charge on any atom is 0.261 e. The number of nitrogens with one attached hydrogen (secondary N) is 1. The smallest absolute Gasteiger partial charge is 0.261 e. The van der Waals surface area contributed by atoms with Gasteiger partial charge in [0.25, 0.3) is 5.91 Å². The number of hydrogen-bond donors (Lipinski definition) is 1. The summed E-state index contributed by atoms with van der Waals surface area (Å²) in [5, 5.41) is 8.82. The lowest BCUT2D eigenvalue weighted by molar-refractivity contribution is -0.134. The Morgan fingerprint density at radius 3 is 2.85 bits per heavy atom. The molecule has 0 saturated carbocycles. The molecule has 2 heterocycles. The number of amides is 1. The molecule has 6 heteroatoms. The van der Waals surface area contributed by atoms with Crippen LogP contribution in [0.3, 0.4) is 0 Å². The number of nitrogens with zero attached hydrogens (tertiary/aromatic N) is 3. The van der Waals surface area contributed by atoms with Crippen LogP contribution in [0.2, 0.25) is 0 Å². The number of ether oxygens (including phenoxy) is 1. The van der Waals surface area contributed by atoms with Gasteiger partial charge in [-0.15, -0.1) is 0 Å². The van der Waals surface area contributed by atoms with Crippen molar-refractivity contribution in [3.8, 4) is 11.8 Å². The summed E-state index contributed by atoms with van der Waals surface area (Å²) in [4.78, 5) is 22.5. The highest BCUT2D eigenvalue weighted by Gasteiger charge is 2.32. The van der Waals surface area contributed by atoms with Crippen LogP contribution < -0.4 is 4.74 Å². The molecule has 1 atom stereocenters. The van der Waals surface area contributed by atoms with Crippen LogP contribution >= 0.6 is 0 Å². The molecule has 1 aliphatic rings. The Balaban J connectivity index is 1.45. The number of carbonyl (C=O) groups excluding carboxylic acids is 1. The van der Waals surface area contributed by atoms with E-state index in [1.54, 1.807) is 24.3 Å². The molecule has 1 amide bonds. The molecule has 3 aromatic rings. The van der Waals surface area contributed by atoms with Crippen LogP contribution in [0.1, 0.15) is 30.3 Å². The monoisotopic (exact) mass is 346 g/mol. The van der Waals surface area contributed by atoms with Gasteiger partial charge in [0.2, 0.25) is 0 Å². The van der Waals surface area contributed by atoms with Crippen LogP contribution in [0, 0.1) is 11.3 Å². The maximum absolute atomic E-state index is 12.6. The molecule has 1 aliphatic heterocycles. The van der Waals surface area contributed by atoms with Crippen molar-refractivity contribution in [3.05, 3.63) is 59.9 Å². The van der Waals surface area contributed by atoms with E-state index in [4.69, 9.17) is 10.00 Å². The van der Waals surface area contributed by atoms with E-state index in [1.807, 2.05) is 29.2 Å². The van der Waals surface area contributed by atoms with Crippen LogP contribution in [0.25, 0.3) is 11.0 Å². The maximum atomic E-state index is 12.6. The number of hydrogen-bond acceptors (Lipinski definition) is 4. The van der Waals surface area contributed by atoms with E-state index in [-0.39, 0.29) is 18.6 Å². The molecule has 2 aromatic carbocycles. The first-order valence-corrected chi connectivity index (χ1v) is 8.61. The van der Waals surface area contributed by atoms with E-state index in [9.17, 15) is 4.79 Å². The summed E-state index contributed by atoms with van der Waals surface area (Å²) in [5.41, 5.74) is 2.46. The molecule has 1 saturated heterocycles. The molecular formula is C20H18N4O2. The second-order valence-electron chi connectivity index (χ2n) is 6.31. The van der Waals surface area contributed by atoms with E-state index in [0.29, 0.717) is 17.9 Å². The fourth-order valence-corrected chi connectivity index (χ4v) is 3.33. The number of benzene rings is 2. The van der Waals surface area contributed by atoms with Crippen molar-refractivity contribution in [1.29, 1.82) is 5.26 Å². The zero-order valence-electron chi connectivity index (χ0n) is 14.2. The molecule has 1 aromatic heterocycles. The van der Waals surface area contributed by atoms with Gasteiger partial charge < -0.3 is 14.6 Å². The largest absolute Gasteiger partial charge is 0.484 e. The molecule has 0 aliphatic carbocycles. The van der Waals surface area contributed by atoms with Gasteiger partial charge in [-0.2, -0.15) is 5.26 Å². The third-order valence-corrected chi connectivity index (χ3v) is 4.64. The average Bonchev–Trinajstić information content (AvgIpc) is 3.32. The first-order chi connectivity index (χ1) is 12.7. The van der Waals surface area contributed by atoms with E-state index < -0.39 is 0 Å². The van der Waals surface area contributed by atoms with E-state index >= 15 is 0 Å². The molecule has 1 fully saturated rings. The number of aromatic amines is 1. The van der Waals surface area contributed by atoms with Gasteiger partial charge in [0.15, 0.2) is 6.61 Å². The normalized spacial score (nSPS) is 16.6. The summed E-state index contributed by atoms with van der Waals surface area (Å²) in [7, 11) is 0. The molecule has 4 rings (SSSR count). The zero-order chi connectivity index (χ0) is 17.9. The van der Waals surface area contributed by atoms with Crippen LogP contribution in [-0.2, 0) is 4.79 Å². The fourth-order valence-electron chi connectivity index (χ4n) is 3.33. The predicted molar refractivity (Wildman–Crippen MR) is 96.4 cm³/mol. The van der Waals surface area contributed by atoms with E-state index in [2.05, 4.69) is 16.0 Å². The molecule has 1 N–H and O–H groups in total. The number of likely N-dealkylation sites (tertiary alicyclic amines) is 1. The van der Waals surface area contributed by atoms with Gasteiger partial charge in [0.05, 0.1) is 28.7 Å². The summed E-state index contributed by atoms with van der Waals surface area (Å²) in [6, 6.07) is 16.6. The highest BCUT2D eigenvalue weighted by atomic mass is 16.5. The van der Waals surface area contributed by atoms with Crippen molar-refractivity contribution in [2.45, 2.75) is 18.9 Å². The van der Waals surface area contributed by atoms with E-state index in [0.717, 1.165) is 29.7 Å². The lowest BCUT2D eigenvalue weighted by Gasteiger charge is -2.23. The average molecular weight is 346 g/mol. The van der Waals surface area contributed by atoms with Gasteiger partial charge in [0, 0.05) is 6.54 Å². The molecule has 0 bridgehead atoms. The topological polar surface area (TPSA) is 82.0 Å². The van der Waals surface area contributed by atoms with Gasteiger partial charge in [-0.25, -0.2) is 4.98 Å². The number of carbonyl (C=O) groups is 1. The van der Waals surface area contributed by atoms with Gasteiger partial charge in [-0.05, 0) is 49.2 Å². The van der Waals surface area contributed by atoms with Gasteiger partial charge in [0.1, 0.15) is 11.6 Å². The highest BCUT2D eigenvalue weighted by Crippen LogP contribution is 2.31. The van der Waals surface area contributed by atoms with Gasteiger partial charge >= 0.3 is 0 Å². The Morgan fingerprint density at radius 1 is 1.27 bits per heavy atom. The summed E-state index contributed by atoms with van der Waals surface area (Å²) in [5.74, 6) is 1.35. The van der Waals surface area contributed by atoms with Crippen LogP contribution in [-0.4, -0.2) is 33.9 Å². The minimum absolute atomic E-state index is 0.0252. The standard InChI is InChI=1S/C20H18N4O2/c21-12-14-7-9-15(10-8-14)26-13-19(25)24-11-3-6-18(24)20-22-16-4-1-2-5-17(16)23-20/h1-2,4-5,7-10,18H,3,6,11,13H2,(H,22,23)/t18-/m0/s1. The number of rotatable bonds is 4. The Hall–Kier alpha value is -3.33. The lowest BCUT2D eigenvalue weighted by atomic mass is 10.2. The van der Waals surface area contributed by atoms with Crippen molar-refractivity contribution < 1.29 is 9.53 Å². The minimum Gasteiger partial charge on any atom is -0.484 e. The Labute approximate surface area is 151 Å². The third-order valence-electron chi connectivity index (χ3n) is 4.64. The van der Waals surface area contributed by atoms with Crippen molar-refractivity contribution in [3.63, 3.8) is 0 Å². The van der Waals surface area contributed by atoms with Crippen LogP contribution in [0.5, 0.6) is 5.75 Å². The van der Waals surface area contributed by atoms with Gasteiger partial charge in [-0.3, -0.25) is 4.79 Å². The first-order valence-electron chi connectivity index (χ1n) is 8.61. The number of H-pyrrole nitrogens is 1. The minimum atomic E-state index is -0.0580. The second-order valence-corrected chi connectivity index (χ2v) is 6.31. The summed E-state index contributed by atoms with van der Waals surface area (Å²) < 4.78 is 5.59. The Kier molecular flexibility index (Phi) is 4.28. The lowest BCUT2D eigenvalue weighted by Crippen LogP contribution is -2.34.